The molecule has 0 atom stereocenters. The van der Waals surface area contributed by atoms with E-state index in [0.717, 1.165) is 15.0 Å². The summed E-state index contributed by atoms with van der Waals surface area (Å²) >= 11 is 5.26. The van der Waals surface area contributed by atoms with Crippen LogP contribution in [0.3, 0.4) is 0 Å². The van der Waals surface area contributed by atoms with E-state index in [1.165, 1.54) is 10.3 Å². The highest BCUT2D eigenvalue weighted by atomic mass is 79.9. The molecule has 18 heavy (non-hydrogen) atoms. The van der Waals surface area contributed by atoms with E-state index in [1.54, 1.807) is 11.8 Å². The Bertz CT molecular complexity index is 682. The highest BCUT2D eigenvalue weighted by Crippen LogP contribution is 2.34. The minimum absolute atomic E-state index is 0.898. The molecule has 0 aliphatic heterocycles. The second kappa shape index (κ2) is 5.12. The Hall–Kier alpha value is -1.32. The van der Waals surface area contributed by atoms with Crippen molar-refractivity contribution in [1.29, 1.82) is 0 Å². The van der Waals surface area contributed by atoms with Crippen molar-refractivity contribution >= 4 is 38.6 Å². The summed E-state index contributed by atoms with van der Waals surface area (Å²) in [6, 6.07) is 20.7. The van der Waals surface area contributed by atoms with Gasteiger partial charge in [0.1, 0.15) is 4.60 Å². The van der Waals surface area contributed by atoms with Crippen LogP contribution >= 0.6 is 27.7 Å². The van der Waals surface area contributed by atoms with Gasteiger partial charge in [-0.2, -0.15) is 0 Å². The lowest BCUT2D eigenvalue weighted by atomic mass is 10.2. The van der Waals surface area contributed by atoms with Gasteiger partial charge < -0.3 is 0 Å². The van der Waals surface area contributed by atoms with Gasteiger partial charge in [-0.15, -0.1) is 0 Å². The third-order valence-electron chi connectivity index (χ3n) is 2.62. The average Bonchev–Trinajstić information content (AvgIpc) is 2.41. The van der Waals surface area contributed by atoms with Crippen LogP contribution in [0, 0.1) is 0 Å². The van der Waals surface area contributed by atoms with Crippen LogP contribution < -0.4 is 0 Å². The SMILES string of the molecule is Brc1nc2ccccc2cc1Sc1ccccc1. The number of rotatable bonds is 2. The van der Waals surface area contributed by atoms with Crippen molar-refractivity contribution in [2.24, 2.45) is 0 Å². The first-order chi connectivity index (χ1) is 8.83. The predicted octanol–water partition coefficient (Wildman–Crippen LogP) is 5.15. The summed E-state index contributed by atoms with van der Waals surface area (Å²) in [6.45, 7) is 0. The van der Waals surface area contributed by atoms with Gasteiger partial charge >= 0.3 is 0 Å². The molecule has 0 bridgehead atoms. The van der Waals surface area contributed by atoms with E-state index < -0.39 is 0 Å². The number of pyridine rings is 1. The minimum Gasteiger partial charge on any atom is -0.240 e. The molecule has 3 heteroatoms. The second-order valence-corrected chi connectivity index (χ2v) is 5.75. The van der Waals surface area contributed by atoms with Crippen LogP contribution in [0.15, 0.2) is 75.1 Å². The Morgan fingerprint density at radius 1 is 0.889 bits per heavy atom. The fraction of sp³-hybridized carbons (Fsp3) is 0. The van der Waals surface area contributed by atoms with Crippen LogP contribution in [0.5, 0.6) is 0 Å². The standard InChI is InChI=1S/C15H10BrNS/c16-15-14(18-12-7-2-1-3-8-12)10-11-6-4-5-9-13(11)17-15/h1-10H. The topological polar surface area (TPSA) is 12.9 Å². The molecule has 1 aromatic heterocycles. The van der Waals surface area contributed by atoms with E-state index in [2.05, 4.69) is 45.2 Å². The van der Waals surface area contributed by atoms with Crippen molar-refractivity contribution in [2.45, 2.75) is 9.79 Å². The monoisotopic (exact) mass is 315 g/mol. The maximum Gasteiger partial charge on any atom is 0.120 e. The number of halogens is 1. The Balaban J connectivity index is 2.04. The van der Waals surface area contributed by atoms with Crippen molar-refractivity contribution in [2.75, 3.05) is 0 Å². The van der Waals surface area contributed by atoms with Crippen LogP contribution in [0.2, 0.25) is 0 Å². The van der Waals surface area contributed by atoms with Gasteiger partial charge in [0.25, 0.3) is 0 Å². The highest BCUT2D eigenvalue weighted by Gasteiger charge is 2.05. The lowest BCUT2D eigenvalue weighted by Crippen LogP contribution is -1.84. The normalized spacial score (nSPS) is 10.7. The van der Waals surface area contributed by atoms with E-state index in [1.807, 2.05) is 36.4 Å². The molecule has 0 aliphatic rings. The van der Waals surface area contributed by atoms with E-state index in [4.69, 9.17) is 0 Å². The summed E-state index contributed by atoms with van der Waals surface area (Å²) in [5, 5.41) is 1.17. The molecule has 0 spiro atoms. The van der Waals surface area contributed by atoms with Crippen LogP contribution in [0.25, 0.3) is 10.9 Å². The molecule has 0 saturated carbocycles. The predicted molar refractivity (Wildman–Crippen MR) is 80.0 cm³/mol. The molecule has 0 amide bonds. The molecule has 2 aromatic carbocycles. The summed E-state index contributed by atoms with van der Waals surface area (Å²) in [7, 11) is 0. The van der Waals surface area contributed by atoms with Gasteiger partial charge in [-0.3, -0.25) is 0 Å². The number of fused-ring (bicyclic) bond motifs is 1. The summed E-state index contributed by atoms with van der Waals surface area (Å²) in [4.78, 5) is 6.92. The zero-order chi connectivity index (χ0) is 12.4. The molecule has 0 radical (unpaired) electrons. The van der Waals surface area contributed by atoms with Crippen LogP contribution in [0.1, 0.15) is 0 Å². The van der Waals surface area contributed by atoms with Gasteiger partial charge in [0.15, 0.2) is 0 Å². The molecule has 3 aromatic rings. The first-order valence-electron chi connectivity index (χ1n) is 5.61. The number of hydrogen-bond donors (Lipinski definition) is 0. The molecule has 0 saturated heterocycles. The first-order valence-corrected chi connectivity index (χ1v) is 7.22. The lowest BCUT2D eigenvalue weighted by Gasteiger charge is -2.05. The third-order valence-corrected chi connectivity index (χ3v) is 4.52. The van der Waals surface area contributed by atoms with Crippen molar-refractivity contribution in [3.8, 4) is 0 Å². The van der Waals surface area contributed by atoms with Crippen molar-refractivity contribution in [3.05, 3.63) is 65.3 Å². The van der Waals surface area contributed by atoms with E-state index in [9.17, 15) is 0 Å². The molecule has 0 aliphatic carbocycles. The Kier molecular flexibility index (Phi) is 3.35. The zero-order valence-electron chi connectivity index (χ0n) is 9.51. The molecular weight excluding hydrogens is 306 g/mol. The van der Waals surface area contributed by atoms with Gasteiger partial charge in [0.05, 0.1) is 5.52 Å². The molecule has 0 unspecified atom stereocenters. The Labute approximate surface area is 118 Å². The molecule has 1 heterocycles. The van der Waals surface area contributed by atoms with Crippen LogP contribution in [-0.4, -0.2) is 4.98 Å². The number of hydrogen-bond acceptors (Lipinski definition) is 2. The minimum atomic E-state index is 0.898. The van der Waals surface area contributed by atoms with E-state index in [-0.39, 0.29) is 0 Å². The van der Waals surface area contributed by atoms with Crippen LogP contribution in [-0.2, 0) is 0 Å². The van der Waals surface area contributed by atoms with E-state index in [0.29, 0.717) is 0 Å². The summed E-state index contributed by atoms with van der Waals surface area (Å²) in [5.74, 6) is 0. The van der Waals surface area contributed by atoms with Crippen LogP contribution in [0.4, 0.5) is 0 Å². The fourth-order valence-electron chi connectivity index (χ4n) is 1.76. The maximum absolute atomic E-state index is 4.57. The highest BCUT2D eigenvalue weighted by molar-refractivity contribution is 9.10. The smallest absolute Gasteiger partial charge is 0.120 e. The number of benzene rings is 2. The van der Waals surface area contributed by atoms with Gasteiger partial charge in [0, 0.05) is 15.2 Å². The largest absolute Gasteiger partial charge is 0.240 e. The van der Waals surface area contributed by atoms with E-state index >= 15 is 0 Å². The Morgan fingerprint density at radius 2 is 1.61 bits per heavy atom. The first kappa shape index (κ1) is 11.8. The Morgan fingerprint density at radius 3 is 2.44 bits per heavy atom. The maximum atomic E-state index is 4.57. The summed E-state index contributed by atoms with van der Waals surface area (Å²) < 4.78 is 0.898. The number of aromatic nitrogens is 1. The summed E-state index contributed by atoms with van der Waals surface area (Å²) in [5.41, 5.74) is 1.02. The number of nitrogens with zero attached hydrogens (tertiary/aromatic N) is 1. The second-order valence-electron chi connectivity index (χ2n) is 3.89. The average molecular weight is 316 g/mol. The van der Waals surface area contributed by atoms with Gasteiger partial charge in [-0.25, -0.2) is 4.98 Å². The van der Waals surface area contributed by atoms with Crippen molar-refractivity contribution in [1.82, 2.24) is 4.98 Å². The molecule has 1 nitrogen and oxygen atoms in total. The quantitative estimate of drug-likeness (QED) is 0.607. The zero-order valence-corrected chi connectivity index (χ0v) is 11.9. The van der Waals surface area contributed by atoms with Crippen molar-refractivity contribution < 1.29 is 0 Å². The molecular formula is C15H10BrNS. The summed E-state index contributed by atoms with van der Waals surface area (Å²) in [6.07, 6.45) is 0. The lowest BCUT2D eigenvalue weighted by molar-refractivity contribution is 1.24. The fourth-order valence-corrected chi connectivity index (χ4v) is 3.17. The van der Waals surface area contributed by atoms with Gasteiger partial charge in [0.2, 0.25) is 0 Å². The molecule has 88 valence electrons. The number of para-hydroxylation sites is 1. The molecule has 0 fully saturated rings. The molecule has 3 rings (SSSR count). The third kappa shape index (κ3) is 2.42. The van der Waals surface area contributed by atoms with Gasteiger partial charge in [-0.05, 0) is 40.2 Å². The van der Waals surface area contributed by atoms with Crippen molar-refractivity contribution in [3.63, 3.8) is 0 Å². The molecule has 0 N–H and O–H groups in total. The van der Waals surface area contributed by atoms with Gasteiger partial charge in [-0.1, -0.05) is 48.2 Å².